The molecule has 130 valence electrons. The van der Waals surface area contributed by atoms with Crippen molar-refractivity contribution in [3.05, 3.63) is 59.4 Å². The second kappa shape index (κ2) is 6.68. The maximum absolute atomic E-state index is 12.5. The first-order valence-corrected chi connectivity index (χ1v) is 9.31. The Kier molecular flexibility index (Phi) is 4.59. The molecule has 0 atom stereocenters. The van der Waals surface area contributed by atoms with Crippen LogP contribution < -0.4 is 4.74 Å². The predicted octanol–water partition coefficient (Wildman–Crippen LogP) is 3.34. The van der Waals surface area contributed by atoms with E-state index in [1.165, 1.54) is 0 Å². The fraction of sp³-hybridized carbons (Fsp3) is 0.222. The van der Waals surface area contributed by atoms with Crippen molar-refractivity contribution in [2.45, 2.75) is 24.5 Å². The van der Waals surface area contributed by atoms with Crippen molar-refractivity contribution in [2.75, 3.05) is 7.11 Å². The lowest BCUT2D eigenvalue weighted by Crippen LogP contribution is -2.06. The van der Waals surface area contributed by atoms with Crippen molar-refractivity contribution in [1.29, 1.82) is 0 Å². The highest BCUT2D eigenvalue weighted by atomic mass is 32.2. The van der Waals surface area contributed by atoms with Crippen LogP contribution in [0.5, 0.6) is 5.75 Å². The van der Waals surface area contributed by atoms with E-state index in [4.69, 9.17) is 9.26 Å². The van der Waals surface area contributed by atoms with Crippen molar-refractivity contribution < 1.29 is 17.7 Å². The fourth-order valence-corrected chi connectivity index (χ4v) is 3.60. The molecule has 1 aromatic heterocycles. The fourth-order valence-electron chi connectivity index (χ4n) is 2.42. The third kappa shape index (κ3) is 3.71. The highest BCUT2D eigenvalue weighted by Crippen LogP contribution is 2.26. The minimum atomic E-state index is -3.52. The number of ether oxygens (including phenoxy) is 1. The number of rotatable bonds is 5. The number of aromatic nitrogens is 2. The van der Waals surface area contributed by atoms with Gasteiger partial charge in [-0.1, -0.05) is 22.9 Å². The van der Waals surface area contributed by atoms with Crippen molar-refractivity contribution in [2.24, 2.45) is 0 Å². The number of nitrogens with zero attached hydrogens (tertiary/aromatic N) is 2. The molecule has 0 saturated heterocycles. The zero-order chi connectivity index (χ0) is 18.0. The van der Waals surface area contributed by atoms with Crippen LogP contribution in [0, 0.1) is 13.8 Å². The van der Waals surface area contributed by atoms with Crippen LogP contribution >= 0.6 is 0 Å². The van der Waals surface area contributed by atoms with E-state index in [9.17, 15) is 8.42 Å². The summed E-state index contributed by atoms with van der Waals surface area (Å²) in [5.41, 5.74) is 2.64. The maximum atomic E-state index is 12.5. The lowest BCUT2D eigenvalue weighted by atomic mass is 10.1. The van der Waals surface area contributed by atoms with Gasteiger partial charge < -0.3 is 9.26 Å². The summed E-state index contributed by atoms with van der Waals surface area (Å²) in [5, 5.41) is 3.81. The molecule has 3 aromatic rings. The Labute approximate surface area is 146 Å². The summed E-state index contributed by atoms with van der Waals surface area (Å²) in [5.74, 6) is 0.831. The minimum Gasteiger partial charge on any atom is -0.497 e. The molecule has 0 saturated carbocycles. The lowest BCUT2D eigenvalue weighted by molar-refractivity contribution is 0.413. The van der Waals surface area contributed by atoms with Crippen molar-refractivity contribution in [3.8, 4) is 17.2 Å². The molecule has 0 radical (unpaired) electrons. The van der Waals surface area contributed by atoms with Crippen molar-refractivity contribution in [1.82, 2.24) is 10.1 Å². The number of aryl methyl sites for hydroxylation is 2. The Morgan fingerprint density at radius 2 is 1.80 bits per heavy atom. The van der Waals surface area contributed by atoms with Gasteiger partial charge in [-0.05, 0) is 49.7 Å². The summed E-state index contributed by atoms with van der Waals surface area (Å²) in [6, 6.07) is 12.1. The van der Waals surface area contributed by atoms with Crippen LogP contribution in [0.3, 0.4) is 0 Å². The predicted molar refractivity (Wildman–Crippen MR) is 93.1 cm³/mol. The Balaban J connectivity index is 1.85. The SMILES string of the molecule is COc1ccc(-c2nc(CS(=O)(=O)c3ccc(C)cc3)no2)c(C)c1. The van der Waals surface area contributed by atoms with Crippen LogP contribution in [0.2, 0.25) is 0 Å². The van der Waals surface area contributed by atoms with Gasteiger partial charge in [-0.2, -0.15) is 4.98 Å². The van der Waals surface area contributed by atoms with Crippen LogP contribution in [0.25, 0.3) is 11.5 Å². The largest absolute Gasteiger partial charge is 0.497 e. The number of hydrogen-bond donors (Lipinski definition) is 0. The second-order valence-electron chi connectivity index (χ2n) is 5.77. The van der Waals surface area contributed by atoms with Gasteiger partial charge in [0.2, 0.25) is 0 Å². The summed E-state index contributed by atoms with van der Waals surface area (Å²) >= 11 is 0. The third-order valence-corrected chi connectivity index (χ3v) is 5.46. The second-order valence-corrected chi connectivity index (χ2v) is 7.76. The molecule has 25 heavy (non-hydrogen) atoms. The van der Waals surface area contributed by atoms with E-state index in [1.807, 2.05) is 19.9 Å². The highest BCUT2D eigenvalue weighted by molar-refractivity contribution is 7.90. The van der Waals surface area contributed by atoms with Gasteiger partial charge in [0.25, 0.3) is 5.89 Å². The van der Waals surface area contributed by atoms with Crippen LogP contribution in [-0.2, 0) is 15.6 Å². The smallest absolute Gasteiger partial charge is 0.258 e. The molecule has 0 aliphatic heterocycles. The zero-order valence-corrected chi connectivity index (χ0v) is 15.0. The van der Waals surface area contributed by atoms with E-state index in [0.29, 0.717) is 0 Å². The summed E-state index contributed by atoms with van der Waals surface area (Å²) in [4.78, 5) is 4.47. The first kappa shape index (κ1) is 17.2. The molecule has 2 aromatic carbocycles. The minimum absolute atomic E-state index is 0.130. The highest BCUT2D eigenvalue weighted by Gasteiger charge is 2.20. The van der Waals surface area contributed by atoms with Gasteiger partial charge in [-0.3, -0.25) is 0 Å². The quantitative estimate of drug-likeness (QED) is 0.696. The van der Waals surface area contributed by atoms with Gasteiger partial charge >= 0.3 is 0 Å². The van der Waals surface area contributed by atoms with E-state index < -0.39 is 9.84 Å². The van der Waals surface area contributed by atoms with Crippen LogP contribution in [0.4, 0.5) is 0 Å². The molecule has 0 aliphatic rings. The molecule has 0 fully saturated rings. The van der Waals surface area contributed by atoms with Gasteiger partial charge in [0.1, 0.15) is 11.5 Å². The standard InChI is InChI=1S/C18H18N2O4S/c1-12-4-7-15(8-5-12)25(21,22)11-17-19-18(24-20-17)16-9-6-14(23-3)10-13(16)2/h4-10H,11H2,1-3H3. The average molecular weight is 358 g/mol. The monoisotopic (exact) mass is 358 g/mol. The normalized spacial score (nSPS) is 11.5. The first-order valence-electron chi connectivity index (χ1n) is 7.66. The molecule has 6 nitrogen and oxygen atoms in total. The summed E-state index contributed by atoms with van der Waals surface area (Å²) in [6.45, 7) is 3.80. The van der Waals surface area contributed by atoms with E-state index in [-0.39, 0.29) is 22.4 Å². The Bertz CT molecular complexity index is 992. The molecule has 0 bridgehead atoms. The number of hydrogen-bond acceptors (Lipinski definition) is 6. The third-order valence-electron chi connectivity index (χ3n) is 3.83. The van der Waals surface area contributed by atoms with Crippen molar-refractivity contribution >= 4 is 9.84 Å². The van der Waals surface area contributed by atoms with Gasteiger partial charge in [0.15, 0.2) is 15.7 Å². The van der Waals surface area contributed by atoms with E-state index >= 15 is 0 Å². The van der Waals surface area contributed by atoms with Crippen LogP contribution in [0.15, 0.2) is 51.9 Å². The Hall–Kier alpha value is -2.67. The maximum Gasteiger partial charge on any atom is 0.258 e. The summed E-state index contributed by atoms with van der Waals surface area (Å²) in [7, 11) is -1.93. The number of benzene rings is 2. The molecular formula is C18H18N2O4S. The zero-order valence-electron chi connectivity index (χ0n) is 14.2. The van der Waals surface area contributed by atoms with Gasteiger partial charge in [-0.25, -0.2) is 8.42 Å². The Morgan fingerprint density at radius 1 is 1.08 bits per heavy atom. The van der Waals surface area contributed by atoms with Gasteiger partial charge in [-0.15, -0.1) is 0 Å². The molecule has 7 heteroatoms. The van der Waals surface area contributed by atoms with E-state index in [0.717, 1.165) is 22.4 Å². The molecule has 0 spiro atoms. The van der Waals surface area contributed by atoms with Gasteiger partial charge in [0, 0.05) is 5.56 Å². The molecule has 3 rings (SSSR count). The summed E-state index contributed by atoms with van der Waals surface area (Å²) < 4.78 is 35.3. The molecule has 0 aliphatic carbocycles. The van der Waals surface area contributed by atoms with Crippen LogP contribution in [-0.4, -0.2) is 25.7 Å². The van der Waals surface area contributed by atoms with Crippen LogP contribution in [0.1, 0.15) is 17.0 Å². The molecule has 0 unspecified atom stereocenters. The number of methoxy groups -OCH3 is 1. The molecule has 1 heterocycles. The number of sulfone groups is 1. The molecule has 0 N–H and O–H groups in total. The molecule has 0 amide bonds. The Morgan fingerprint density at radius 3 is 2.44 bits per heavy atom. The summed E-state index contributed by atoms with van der Waals surface area (Å²) in [6.07, 6.45) is 0. The molecular weight excluding hydrogens is 340 g/mol. The average Bonchev–Trinajstić information content (AvgIpc) is 3.02. The van der Waals surface area contributed by atoms with Gasteiger partial charge in [0.05, 0.1) is 12.0 Å². The topological polar surface area (TPSA) is 82.3 Å². The van der Waals surface area contributed by atoms with E-state index in [1.54, 1.807) is 43.5 Å². The van der Waals surface area contributed by atoms with Crippen molar-refractivity contribution in [3.63, 3.8) is 0 Å². The first-order chi connectivity index (χ1) is 11.9. The lowest BCUT2D eigenvalue weighted by Gasteiger charge is -2.04. The van der Waals surface area contributed by atoms with E-state index in [2.05, 4.69) is 10.1 Å².